The van der Waals surface area contributed by atoms with Crippen LogP contribution in [0.1, 0.15) is 20.3 Å². The molecule has 4 rings (SSSR count). The van der Waals surface area contributed by atoms with Crippen molar-refractivity contribution in [3.63, 3.8) is 0 Å². The van der Waals surface area contributed by atoms with Gasteiger partial charge in [-0.3, -0.25) is 4.79 Å². The highest BCUT2D eigenvalue weighted by atomic mass is 16.6. The number of hydrogen-bond donors (Lipinski definition) is 13. The van der Waals surface area contributed by atoms with Crippen molar-refractivity contribution in [3.05, 3.63) is 0 Å². The van der Waals surface area contributed by atoms with Crippen molar-refractivity contribution in [2.75, 3.05) is 72.7 Å². The standard InChI is InChI=1S/C35H66N4O17/c1-3-16-20(4-40)54-25(29(37)32(16)46)12-50-9-18-22(6-42)55-26(30(38)34(18)48)13-51-11-19-23(7-43)56-27(31(35(19)49)39-15(2)45)14-52-10-17-21(5-41)53-24(8-44)28(36)33(17)47/h16-35,40-44,46-49H,3-14,36-38H2,1-2H3,(H,39,45)/p+3. The molecule has 21 heteroatoms. The van der Waals surface area contributed by atoms with Gasteiger partial charge >= 0.3 is 0 Å². The molecule has 21 nitrogen and oxygen atoms in total. The van der Waals surface area contributed by atoms with E-state index in [2.05, 4.69) is 22.5 Å². The number of aliphatic hydroxyl groups excluding tert-OH is 9. The van der Waals surface area contributed by atoms with Gasteiger partial charge in [-0.1, -0.05) is 6.92 Å². The first-order chi connectivity index (χ1) is 26.8. The molecular formula is C35H69N4O17+3. The fourth-order valence-corrected chi connectivity index (χ4v) is 8.52. The molecule has 56 heavy (non-hydrogen) atoms. The van der Waals surface area contributed by atoms with Gasteiger partial charge in [0.05, 0.1) is 109 Å². The molecule has 0 aromatic heterocycles. The van der Waals surface area contributed by atoms with E-state index in [0.717, 1.165) is 0 Å². The maximum Gasteiger partial charge on any atom is 0.217 e. The summed E-state index contributed by atoms with van der Waals surface area (Å²) in [5.74, 6) is -2.90. The highest BCUT2D eigenvalue weighted by Gasteiger charge is 2.50. The van der Waals surface area contributed by atoms with Crippen LogP contribution in [0.3, 0.4) is 0 Å². The molecule has 0 radical (unpaired) electrons. The third-order valence-electron chi connectivity index (χ3n) is 12.1. The first-order valence-electron chi connectivity index (χ1n) is 19.6. The predicted molar refractivity (Wildman–Crippen MR) is 188 cm³/mol. The summed E-state index contributed by atoms with van der Waals surface area (Å²) < 4.78 is 41.6. The number of nitrogens with one attached hydrogen (secondary N) is 1. The van der Waals surface area contributed by atoms with Crippen LogP contribution in [0.15, 0.2) is 0 Å². The smallest absolute Gasteiger partial charge is 0.217 e. The zero-order valence-electron chi connectivity index (χ0n) is 32.4. The number of hydrogen-bond acceptors (Lipinski definition) is 17. The van der Waals surface area contributed by atoms with Crippen LogP contribution in [-0.2, 0) is 38.0 Å². The maximum absolute atomic E-state index is 12.2. The molecule has 0 aromatic rings. The summed E-state index contributed by atoms with van der Waals surface area (Å²) in [7, 11) is 0. The molecule has 328 valence electrons. The Hall–Kier alpha value is -1.29. The summed E-state index contributed by atoms with van der Waals surface area (Å²) in [4.78, 5) is 12.2. The molecule has 4 heterocycles. The highest BCUT2D eigenvalue weighted by Crippen LogP contribution is 2.31. The van der Waals surface area contributed by atoms with Crippen molar-refractivity contribution < 1.29 is 101 Å². The molecule has 4 aliphatic heterocycles. The van der Waals surface area contributed by atoms with Crippen LogP contribution in [-0.4, -0.2) is 222 Å². The van der Waals surface area contributed by atoms with E-state index in [1.165, 1.54) is 6.92 Å². The molecule has 19 N–H and O–H groups in total. The van der Waals surface area contributed by atoms with Gasteiger partial charge in [-0.25, -0.2) is 0 Å². The number of ether oxygens (including phenoxy) is 7. The second kappa shape index (κ2) is 22.4. The molecule has 1 amide bonds. The van der Waals surface area contributed by atoms with Gasteiger partial charge in [0, 0.05) is 30.6 Å². The number of rotatable bonds is 19. The first-order valence-corrected chi connectivity index (χ1v) is 19.6. The highest BCUT2D eigenvalue weighted by molar-refractivity contribution is 5.73. The third-order valence-corrected chi connectivity index (χ3v) is 12.1. The zero-order valence-corrected chi connectivity index (χ0v) is 32.4. The zero-order chi connectivity index (χ0) is 41.3. The first kappa shape index (κ1) is 47.4. The summed E-state index contributed by atoms with van der Waals surface area (Å²) >= 11 is 0. The van der Waals surface area contributed by atoms with Crippen LogP contribution in [0, 0.1) is 23.7 Å². The molecule has 0 aliphatic carbocycles. The fourth-order valence-electron chi connectivity index (χ4n) is 8.52. The van der Waals surface area contributed by atoms with Crippen LogP contribution in [0.25, 0.3) is 0 Å². The number of aliphatic hydroxyl groups is 9. The summed E-state index contributed by atoms with van der Waals surface area (Å²) in [6, 6.07) is -2.88. The van der Waals surface area contributed by atoms with Gasteiger partial charge in [-0.15, -0.1) is 0 Å². The van der Waals surface area contributed by atoms with Crippen molar-refractivity contribution in [3.8, 4) is 0 Å². The van der Waals surface area contributed by atoms with Crippen molar-refractivity contribution >= 4 is 5.91 Å². The minimum Gasteiger partial charge on any atom is -0.394 e. The van der Waals surface area contributed by atoms with E-state index in [1.54, 1.807) is 0 Å². The fraction of sp³-hybridized carbons (Fsp3) is 0.971. The third kappa shape index (κ3) is 11.1. The Kier molecular flexibility index (Phi) is 18.9. The summed E-state index contributed by atoms with van der Waals surface area (Å²) in [6.07, 6.45) is -9.80. The van der Waals surface area contributed by atoms with Gasteiger partial charge in [-0.05, 0) is 6.42 Å². The van der Waals surface area contributed by atoms with E-state index in [9.17, 15) is 50.8 Å². The summed E-state index contributed by atoms with van der Waals surface area (Å²) in [6.45, 7) is 0.652. The average Bonchev–Trinajstić information content (AvgIpc) is 3.18. The molecule has 20 unspecified atom stereocenters. The molecule has 0 aromatic carbocycles. The number of quaternary nitrogens is 3. The van der Waals surface area contributed by atoms with Gasteiger partial charge in [0.15, 0.2) is 0 Å². The van der Waals surface area contributed by atoms with E-state index >= 15 is 0 Å². The second-order valence-electron chi connectivity index (χ2n) is 15.6. The lowest BCUT2D eigenvalue weighted by Gasteiger charge is -2.45. The van der Waals surface area contributed by atoms with Crippen LogP contribution < -0.4 is 22.5 Å². The number of carbonyl (C=O) groups is 1. The maximum atomic E-state index is 12.2. The van der Waals surface area contributed by atoms with Gasteiger partial charge in [0.25, 0.3) is 0 Å². The Bertz CT molecular complexity index is 1160. The number of carbonyl (C=O) groups excluding carboxylic acids is 1. The van der Waals surface area contributed by atoms with Crippen LogP contribution in [0.5, 0.6) is 0 Å². The minimum absolute atomic E-state index is 0.0214. The minimum atomic E-state index is -1.27. The molecule has 4 aliphatic rings. The number of amides is 1. The van der Waals surface area contributed by atoms with E-state index in [0.29, 0.717) is 6.42 Å². The Morgan fingerprint density at radius 1 is 0.500 bits per heavy atom. The van der Waals surface area contributed by atoms with Gasteiger partial charge in [0.1, 0.15) is 60.9 Å². The van der Waals surface area contributed by atoms with Crippen molar-refractivity contribution in [1.29, 1.82) is 0 Å². The van der Waals surface area contributed by atoms with E-state index in [-0.39, 0.29) is 58.8 Å². The molecule has 0 spiro atoms. The van der Waals surface area contributed by atoms with Crippen LogP contribution in [0.2, 0.25) is 0 Å². The topological polar surface area (TPSA) is 359 Å². The molecular weight excluding hydrogens is 748 g/mol. The Labute approximate surface area is 326 Å². The molecule has 0 saturated carbocycles. The van der Waals surface area contributed by atoms with E-state index in [4.69, 9.17) is 33.2 Å². The monoisotopic (exact) mass is 817 g/mol. The lowest BCUT2D eigenvalue weighted by molar-refractivity contribution is -0.480. The van der Waals surface area contributed by atoms with E-state index < -0.39 is 141 Å². The Morgan fingerprint density at radius 2 is 0.821 bits per heavy atom. The molecule has 0 bridgehead atoms. The van der Waals surface area contributed by atoms with Crippen LogP contribution >= 0.6 is 0 Å². The van der Waals surface area contributed by atoms with Crippen molar-refractivity contribution in [1.82, 2.24) is 5.32 Å². The Morgan fingerprint density at radius 3 is 1.21 bits per heavy atom. The largest absolute Gasteiger partial charge is 0.394 e. The summed E-state index contributed by atoms with van der Waals surface area (Å²) in [5, 5.41) is 96.5. The predicted octanol–water partition coefficient (Wildman–Crippen LogP) is -9.28. The second-order valence-corrected chi connectivity index (χ2v) is 15.6. The van der Waals surface area contributed by atoms with E-state index in [1.807, 2.05) is 6.92 Å². The Balaban J connectivity index is 1.30. The normalized spacial score (nSPS) is 44.8. The average molecular weight is 818 g/mol. The lowest BCUT2D eigenvalue weighted by Crippen LogP contribution is -2.78. The van der Waals surface area contributed by atoms with Gasteiger partial charge in [0.2, 0.25) is 5.91 Å². The van der Waals surface area contributed by atoms with Crippen molar-refractivity contribution in [2.24, 2.45) is 23.7 Å². The SMILES string of the molecule is CCC1C(CO)OC(COCC2C(CO)OC(COCC3C(CO)OC(COCC4C(CO)OC(CO)C([NH3+])C4O)C(NC(C)=O)C3O)C([NH3+])C2O)C([NH3+])C1O. The molecule has 4 fully saturated rings. The van der Waals surface area contributed by atoms with Gasteiger partial charge < -0.3 is 102 Å². The van der Waals surface area contributed by atoms with Crippen molar-refractivity contribution in [2.45, 2.75) is 118 Å². The quantitative estimate of drug-likeness (QED) is 0.0575. The molecule has 20 atom stereocenters. The summed E-state index contributed by atoms with van der Waals surface area (Å²) in [5.41, 5.74) is 12.0. The van der Waals surface area contributed by atoms with Crippen LogP contribution in [0.4, 0.5) is 0 Å². The van der Waals surface area contributed by atoms with Gasteiger partial charge in [-0.2, -0.15) is 0 Å². The lowest BCUT2D eigenvalue weighted by atomic mass is 9.84. The molecule has 4 saturated heterocycles.